The monoisotopic (exact) mass is 254 g/mol. The Hall–Kier alpha value is 0.170. The van der Waals surface area contributed by atoms with E-state index in [0.717, 1.165) is 12.8 Å². The van der Waals surface area contributed by atoms with E-state index in [1.165, 1.54) is 18.2 Å². The van der Waals surface area contributed by atoms with Gasteiger partial charge in [-0.05, 0) is 12.8 Å². The zero-order chi connectivity index (χ0) is 9.45. The Bertz CT molecular complexity index is 219. The van der Waals surface area contributed by atoms with Crippen molar-refractivity contribution in [3.05, 3.63) is 11.5 Å². The first-order valence-electron chi connectivity index (χ1n) is 4.07. The summed E-state index contributed by atoms with van der Waals surface area (Å²) in [5.41, 5.74) is 0. The first-order valence-corrected chi connectivity index (χ1v) is 6.91. The first-order chi connectivity index (χ1) is 5.62. The minimum Gasteiger partial charge on any atom is -0.223 e. The van der Waals surface area contributed by atoms with Crippen LogP contribution in [0.15, 0.2) is 11.5 Å². The molecule has 72 valence electrons. The normalized spacial score (nSPS) is 12.5. The number of unbranched alkanes of at least 4 members (excludes halogenated alkanes) is 3. The Balaban J connectivity index is 3.63. The van der Waals surface area contributed by atoms with E-state index in [0.29, 0.717) is 0 Å². The molecule has 0 amide bonds. The molecule has 0 saturated carbocycles. The van der Waals surface area contributed by atoms with E-state index in [-0.39, 0.29) is 4.66 Å². The summed E-state index contributed by atoms with van der Waals surface area (Å²) in [6, 6.07) is 0. The van der Waals surface area contributed by atoms with Crippen LogP contribution in [0, 0.1) is 0 Å². The molecule has 0 bridgehead atoms. The van der Waals surface area contributed by atoms with E-state index in [1.54, 1.807) is 6.08 Å². The fourth-order valence-electron chi connectivity index (χ4n) is 0.763. The molecule has 0 spiro atoms. The Morgan fingerprint density at radius 1 is 1.33 bits per heavy atom. The minimum absolute atomic E-state index is 0.0181. The molecule has 0 aliphatic rings. The zero-order valence-electron chi connectivity index (χ0n) is 7.29. The Morgan fingerprint density at radius 3 is 2.50 bits per heavy atom. The summed E-state index contributed by atoms with van der Waals surface area (Å²) in [5.74, 6) is 0. The Kier molecular flexibility index (Phi) is 6.76. The van der Waals surface area contributed by atoms with Crippen molar-refractivity contribution in [2.75, 3.05) is 4.66 Å². The lowest BCUT2D eigenvalue weighted by molar-refractivity contribution is 0.609. The van der Waals surface area contributed by atoms with Gasteiger partial charge in [-0.15, -0.1) is 0 Å². The van der Waals surface area contributed by atoms with Crippen LogP contribution in [0.3, 0.4) is 0 Å². The van der Waals surface area contributed by atoms with Crippen molar-refractivity contribution < 1.29 is 8.42 Å². The van der Waals surface area contributed by atoms with E-state index in [2.05, 4.69) is 22.9 Å². The van der Waals surface area contributed by atoms with Gasteiger partial charge in [0.15, 0.2) is 9.84 Å². The maximum Gasteiger partial charge on any atom is 0.181 e. The lowest BCUT2D eigenvalue weighted by atomic mass is 10.2. The van der Waals surface area contributed by atoms with Crippen LogP contribution in [-0.4, -0.2) is 13.1 Å². The molecule has 0 unspecified atom stereocenters. The van der Waals surface area contributed by atoms with Crippen molar-refractivity contribution in [1.29, 1.82) is 0 Å². The number of allylic oxidation sites excluding steroid dienone is 1. The van der Waals surface area contributed by atoms with Gasteiger partial charge in [0.2, 0.25) is 0 Å². The highest BCUT2D eigenvalue weighted by Crippen LogP contribution is 2.03. The van der Waals surface area contributed by atoms with Crippen LogP contribution in [0.5, 0.6) is 0 Å². The Morgan fingerprint density at radius 2 is 2.00 bits per heavy atom. The lowest BCUT2D eigenvalue weighted by Crippen LogP contribution is -1.93. The third-order valence-electron chi connectivity index (χ3n) is 1.43. The summed E-state index contributed by atoms with van der Waals surface area (Å²) < 4.78 is 21.8. The molecule has 0 aromatic carbocycles. The number of rotatable bonds is 6. The maximum absolute atomic E-state index is 10.9. The van der Waals surface area contributed by atoms with Crippen molar-refractivity contribution in [3.8, 4) is 0 Å². The van der Waals surface area contributed by atoms with Crippen molar-refractivity contribution in [1.82, 2.24) is 0 Å². The summed E-state index contributed by atoms with van der Waals surface area (Å²) in [5, 5.41) is 1.29. The summed E-state index contributed by atoms with van der Waals surface area (Å²) in [6.07, 6.45) is 5.99. The van der Waals surface area contributed by atoms with Gasteiger partial charge in [-0.1, -0.05) is 41.8 Å². The second kappa shape index (κ2) is 6.66. The highest BCUT2D eigenvalue weighted by atomic mass is 79.9. The number of halogens is 1. The van der Waals surface area contributed by atoms with Gasteiger partial charge in [0, 0.05) is 5.41 Å². The lowest BCUT2D eigenvalue weighted by Gasteiger charge is -1.92. The van der Waals surface area contributed by atoms with Gasteiger partial charge < -0.3 is 0 Å². The molecule has 0 aromatic heterocycles. The van der Waals surface area contributed by atoms with Crippen LogP contribution >= 0.6 is 15.9 Å². The largest absolute Gasteiger partial charge is 0.223 e. The standard InChI is InChI=1S/C8H15BrO2S/c1-2-3-4-5-6-7-12(10,11)8-9/h6-7H,2-5,8H2,1H3. The molecule has 0 N–H and O–H groups in total. The highest BCUT2D eigenvalue weighted by molar-refractivity contribution is 9.10. The van der Waals surface area contributed by atoms with Gasteiger partial charge in [-0.3, -0.25) is 0 Å². The molecular weight excluding hydrogens is 240 g/mol. The van der Waals surface area contributed by atoms with Gasteiger partial charge in [0.1, 0.15) is 4.66 Å². The highest BCUT2D eigenvalue weighted by Gasteiger charge is 1.99. The number of sulfone groups is 1. The van der Waals surface area contributed by atoms with Gasteiger partial charge >= 0.3 is 0 Å². The van der Waals surface area contributed by atoms with Crippen molar-refractivity contribution in [2.45, 2.75) is 32.6 Å². The minimum atomic E-state index is -2.97. The second-order valence-electron chi connectivity index (χ2n) is 2.64. The van der Waals surface area contributed by atoms with Gasteiger partial charge in [0.05, 0.1) is 0 Å². The van der Waals surface area contributed by atoms with E-state index in [4.69, 9.17) is 0 Å². The molecule has 0 saturated heterocycles. The van der Waals surface area contributed by atoms with E-state index >= 15 is 0 Å². The topological polar surface area (TPSA) is 34.1 Å². The molecule has 4 heteroatoms. The molecule has 0 aliphatic heterocycles. The molecule has 0 aromatic rings. The molecule has 0 heterocycles. The van der Waals surface area contributed by atoms with Gasteiger partial charge in [-0.2, -0.15) is 0 Å². The Labute approximate surface area is 83.1 Å². The molecule has 0 rings (SSSR count). The van der Waals surface area contributed by atoms with Gasteiger partial charge in [-0.25, -0.2) is 8.42 Å². The van der Waals surface area contributed by atoms with Crippen molar-refractivity contribution in [3.63, 3.8) is 0 Å². The molecular formula is C8H15BrO2S. The molecule has 0 radical (unpaired) electrons. The summed E-state index contributed by atoms with van der Waals surface area (Å²) >= 11 is 2.91. The summed E-state index contributed by atoms with van der Waals surface area (Å²) in [7, 11) is -2.97. The first kappa shape index (κ1) is 12.2. The van der Waals surface area contributed by atoms with E-state index in [9.17, 15) is 8.42 Å². The fraction of sp³-hybridized carbons (Fsp3) is 0.750. The SMILES string of the molecule is CCCCCC=CS(=O)(=O)CBr. The van der Waals surface area contributed by atoms with Crippen LogP contribution in [0.2, 0.25) is 0 Å². The van der Waals surface area contributed by atoms with Crippen LogP contribution in [0.4, 0.5) is 0 Å². The number of alkyl halides is 1. The molecule has 0 fully saturated rings. The molecule has 0 aliphatic carbocycles. The van der Waals surface area contributed by atoms with Gasteiger partial charge in [0.25, 0.3) is 0 Å². The summed E-state index contributed by atoms with van der Waals surface area (Å²) in [6.45, 7) is 2.12. The van der Waals surface area contributed by atoms with Crippen LogP contribution in [0.25, 0.3) is 0 Å². The zero-order valence-corrected chi connectivity index (χ0v) is 9.70. The third-order valence-corrected chi connectivity index (χ3v) is 4.26. The molecule has 0 atom stereocenters. The van der Waals surface area contributed by atoms with Crippen LogP contribution in [0.1, 0.15) is 32.6 Å². The fourth-order valence-corrected chi connectivity index (χ4v) is 1.72. The third kappa shape index (κ3) is 6.85. The number of hydrogen-bond donors (Lipinski definition) is 0. The van der Waals surface area contributed by atoms with Crippen LogP contribution < -0.4 is 0 Å². The van der Waals surface area contributed by atoms with Crippen molar-refractivity contribution >= 4 is 25.8 Å². The molecule has 2 nitrogen and oxygen atoms in total. The second-order valence-corrected chi connectivity index (χ2v) is 5.83. The predicted molar refractivity (Wildman–Crippen MR) is 56.0 cm³/mol. The van der Waals surface area contributed by atoms with E-state index in [1.807, 2.05) is 0 Å². The average molecular weight is 255 g/mol. The maximum atomic E-state index is 10.9. The number of hydrogen-bond acceptors (Lipinski definition) is 2. The summed E-state index contributed by atoms with van der Waals surface area (Å²) in [4.78, 5) is 0. The average Bonchev–Trinajstić information content (AvgIpc) is 2.04. The van der Waals surface area contributed by atoms with Crippen LogP contribution in [-0.2, 0) is 9.84 Å². The van der Waals surface area contributed by atoms with E-state index < -0.39 is 9.84 Å². The smallest absolute Gasteiger partial charge is 0.181 e. The molecule has 12 heavy (non-hydrogen) atoms. The quantitative estimate of drug-likeness (QED) is 0.540. The van der Waals surface area contributed by atoms with Crippen molar-refractivity contribution in [2.24, 2.45) is 0 Å². The predicted octanol–water partition coefficient (Wildman–Crippen LogP) is 2.85.